The van der Waals surface area contributed by atoms with Crippen LogP contribution in [0.5, 0.6) is 0 Å². The Labute approximate surface area is 82.4 Å². The van der Waals surface area contributed by atoms with Gasteiger partial charge in [0.05, 0.1) is 6.61 Å². The molecule has 1 unspecified atom stereocenters. The zero-order valence-corrected chi connectivity index (χ0v) is 9.63. The van der Waals surface area contributed by atoms with E-state index in [0.717, 1.165) is 19.7 Å². The lowest BCUT2D eigenvalue weighted by molar-refractivity contribution is 0.131. The van der Waals surface area contributed by atoms with Gasteiger partial charge in [0.15, 0.2) is 0 Å². The molecular formula is C10H24N2O. The summed E-state index contributed by atoms with van der Waals surface area (Å²) in [5, 5.41) is 3.26. The van der Waals surface area contributed by atoms with Crippen LogP contribution in [0.4, 0.5) is 0 Å². The van der Waals surface area contributed by atoms with Crippen LogP contribution in [0.15, 0.2) is 0 Å². The van der Waals surface area contributed by atoms with Crippen molar-refractivity contribution in [2.75, 3.05) is 33.9 Å². The largest absolute Gasteiger partial charge is 0.383 e. The van der Waals surface area contributed by atoms with Crippen molar-refractivity contribution in [3.8, 4) is 0 Å². The Morgan fingerprint density at radius 2 is 2.00 bits per heavy atom. The van der Waals surface area contributed by atoms with Gasteiger partial charge in [0.25, 0.3) is 0 Å². The number of nitrogens with zero attached hydrogens (tertiary/aromatic N) is 1. The molecular weight excluding hydrogens is 164 g/mol. The van der Waals surface area contributed by atoms with Crippen molar-refractivity contribution in [3.63, 3.8) is 0 Å². The molecule has 0 aliphatic carbocycles. The fourth-order valence-electron chi connectivity index (χ4n) is 1.42. The third kappa shape index (κ3) is 5.24. The summed E-state index contributed by atoms with van der Waals surface area (Å²) in [7, 11) is 3.73. The van der Waals surface area contributed by atoms with Gasteiger partial charge < -0.3 is 10.1 Å². The molecule has 0 saturated carbocycles. The first-order valence-electron chi connectivity index (χ1n) is 5.05. The number of nitrogens with one attached hydrogen (secondary N) is 1. The maximum Gasteiger partial charge on any atom is 0.0628 e. The number of methoxy groups -OCH3 is 1. The fraction of sp³-hybridized carbons (Fsp3) is 1.00. The normalized spacial score (nSPS) is 14.1. The minimum Gasteiger partial charge on any atom is -0.383 e. The van der Waals surface area contributed by atoms with Crippen LogP contribution in [0.1, 0.15) is 20.8 Å². The van der Waals surface area contributed by atoms with Crippen molar-refractivity contribution < 1.29 is 4.74 Å². The van der Waals surface area contributed by atoms with Gasteiger partial charge in [0, 0.05) is 25.7 Å². The fourth-order valence-corrected chi connectivity index (χ4v) is 1.42. The van der Waals surface area contributed by atoms with Crippen LogP contribution < -0.4 is 5.32 Å². The second-order valence-electron chi connectivity index (χ2n) is 3.62. The molecule has 0 aromatic rings. The molecule has 0 heterocycles. The number of likely N-dealkylation sites (N-methyl/N-ethyl adjacent to an activating group) is 2. The SMILES string of the molecule is CCN(CC(COC)NC)C(C)C. The first-order valence-corrected chi connectivity index (χ1v) is 5.05. The molecule has 3 nitrogen and oxygen atoms in total. The lowest BCUT2D eigenvalue weighted by Crippen LogP contribution is -2.44. The zero-order valence-electron chi connectivity index (χ0n) is 9.63. The Kier molecular flexibility index (Phi) is 7.23. The summed E-state index contributed by atoms with van der Waals surface area (Å²) in [6.45, 7) is 9.57. The van der Waals surface area contributed by atoms with Gasteiger partial charge in [0.2, 0.25) is 0 Å². The van der Waals surface area contributed by atoms with Crippen LogP contribution in [0, 0.1) is 0 Å². The highest BCUT2D eigenvalue weighted by molar-refractivity contribution is 4.71. The number of hydrogen-bond acceptors (Lipinski definition) is 3. The lowest BCUT2D eigenvalue weighted by Gasteiger charge is -2.29. The van der Waals surface area contributed by atoms with Gasteiger partial charge in [-0.25, -0.2) is 0 Å². The van der Waals surface area contributed by atoms with Gasteiger partial charge in [-0.3, -0.25) is 4.90 Å². The van der Waals surface area contributed by atoms with Crippen molar-refractivity contribution in [1.82, 2.24) is 10.2 Å². The molecule has 3 heteroatoms. The van der Waals surface area contributed by atoms with Crippen LogP contribution in [0.25, 0.3) is 0 Å². The predicted molar refractivity (Wildman–Crippen MR) is 57.1 cm³/mol. The van der Waals surface area contributed by atoms with Crippen LogP contribution in [-0.2, 0) is 4.74 Å². The van der Waals surface area contributed by atoms with Gasteiger partial charge in [-0.1, -0.05) is 6.92 Å². The second kappa shape index (κ2) is 7.30. The third-order valence-corrected chi connectivity index (χ3v) is 2.37. The molecule has 0 radical (unpaired) electrons. The van der Waals surface area contributed by atoms with E-state index in [1.807, 2.05) is 7.05 Å². The van der Waals surface area contributed by atoms with Crippen molar-refractivity contribution in [3.05, 3.63) is 0 Å². The Bertz CT molecular complexity index is 117. The van der Waals surface area contributed by atoms with E-state index >= 15 is 0 Å². The first kappa shape index (κ1) is 12.9. The van der Waals surface area contributed by atoms with E-state index < -0.39 is 0 Å². The van der Waals surface area contributed by atoms with Crippen molar-refractivity contribution in [2.45, 2.75) is 32.9 Å². The summed E-state index contributed by atoms with van der Waals surface area (Å²) in [4.78, 5) is 2.43. The average molecular weight is 188 g/mol. The van der Waals surface area contributed by atoms with Crippen LogP contribution >= 0.6 is 0 Å². The number of rotatable bonds is 7. The van der Waals surface area contributed by atoms with Gasteiger partial charge in [0.1, 0.15) is 0 Å². The Morgan fingerprint density at radius 1 is 1.38 bits per heavy atom. The molecule has 1 atom stereocenters. The van der Waals surface area contributed by atoms with Crippen molar-refractivity contribution in [2.24, 2.45) is 0 Å². The maximum atomic E-state index is 5.13. The molecule has 0 fully saturated rings. The highest BCUT2D eigenvalue weighted by Gasteiger charge is 2.13. The topological polar surface area (TPSA) is 24.5 Å². The van der Waals surface area contributed by atoms with Crippen molar-refractivity contribution >= 4 is 0 Å². The zero-order chi connectivity index (χ0) is 10.3. The van der Waals surface area contributed by atoms with E-state index in [-0.39, 0.29) is 0 Å². The molecule has 0 amide bonds. The van der Waals surface area contributed by atoms with Crippen LogP contribution in [-0.4, -0.2) is 50.8 Å². The summed E-state index contributed by atoms with van der Waals surface area (Å²) < 4.78 is 5.13. The molecule has 0 aromatic heterocycles. The van der Waals surface area contributed by atoms with Crippen LogP contribution in [0.3, 0.4) is 0 Å². The third-order valence-electron chi connectivity index (χ3n) is 2.37. The van der Waals surface area contributed by atoms with Gasteiger partial charge in [-0.2, -0.15) is 0 Å². The summed E-state index contributed by atoms with van der Waals surface area (Å²) in [6, 6.07) is 1.05. The van der Waals surface area contributed by atoms with E-state index in [0.29, 0.717) is 12.1 Å². The summed E-state index contributed by atoms with van der Waals surface area (Å²) >= 11 is 0. The second-order valence-corrected chi connectivity index (χ2v) is 3.62. The predicted octanol–water partition coefficient (Wildman–Crippen LogP) is 0.951. The van der Waals surface area contributed by atoms with Gasteiger partial charge in [-0.05, 0) is 27.4 Å². The monoisotopic (exact) mass is 188 g/mol. The Hall–Kier alpha value is -0.120. The smallest absolute Gasteiger partial charge is 0.0628 e. The summed E-state index contributed by atoms with van der Waals surface area (Å²) in [5.41, 5.74) is 0. The van der Waals surface area contributed by atoms with E-state index in [2.05, 4.69) is 31.0 Å². The molecule has 0 aliphatic rings. The quantitative estimate of drug-likeness (QED) is 0.644. The molecule has 0 bridgehead atoms. The minimum absolute atomic E-state index is 0.437. The lowest BCUT2D eigenvalue weighted by atomic mass is 10.2. The first-order chi connectivity index (χ1) is 6.15. The van der Waals surface area contributed by atoms with E-state index in [4.69, 9.17) is 4.74 Å². The standard InChI is InChI=1S/C10H24N2O/c1-6-12(9(2)3)7-10(11-4)8-13-5/h9-11H,6-8H2,1-5H3. The molecule has 13 heavy (non-hydrogen) atoms. The van der Waals surface area contributed by atoms with E-state index in [1.165, 1.54) is 0 Å². The molecule has 0 rings (SSSR count). The Balaban J connectivity index is 3.87. The maximum absolute atomic E-state index is 5.13. The Morgan fingerprint density at radius 3 is 2.31 bits per heavy atom. The van der Waals surface area contributed by atoms with Crippen LogP contribution in [0.2, 0.25) is 0 Å². The molecule has 1 N–H and O–H groups in total. The van der Waals surface area contributed by atoms with E-state index in [9.17, 15) is 0 Å². The molecule has 80 valence electrons. The number of ether oxygens (including phenoxy) is 1. The average Bonchev–Trinajstić information content (AvgIpc) is 2.11. The summed E-state index contributed by atoms with van der Waals surface area (Å²) in [5.74, 6) is 0. The highest BCUT2D eigenvalue weighted by atomic mass is 16.5. The van der Waals surface area contributed by atoms with Gasteiger partial charge >= 0.3 is 0 Å². The molecule has 0 spiro atoms. The molecule has 0 aliphatic heterocycles. The highest BCUT2D eigenvalue weighted by Crippen LogP contribution is 1.99. The minimum atomic E-state index is 0.437. The molecule has 0 saturated heterocycles. The number of hydrogen-bond donors (Lipinski definition) is 1. The van der Waals surface area contributed by atoms with Crippen molar-refractivity contribution in [1.29, 1.82) is 0 Å². The van der Waals surface area contributed by atoms with Gasteiger partial charge in [-0.15, -0.1) is 0 Å². The molecule has 0 aromatic carbocycles. The van der Waals surface area contributed by atoms with E-state index in [1.54, 1.807) is 7.11 Å². The summed E-state index contributed by atoms with van der Waals surface area (Å²) in [6.07, 6.45) is 0.